The molecular weight excluding hydrogens is 442 g/mol. The van der Waals surface area contributed by atoms with Crippen LogP contribution in [-0.2, 0) is 4.74 Å². The van der Waals surface area contributed by atoms with Crippen molar-refractivity contribution in [2.75, 3.05) is 4.90 Å². The molecule has 4 atom stereocenters. The summed E-state index contributed by atoms with van der Waals surface area (Å²) in [5.41, 5.74) is 11.6. The highest BCUT2D eigenvalue weighted by molar-refractivity contribution is 5.86. The van der Waals surface area contributed by atoms with E-state index in [1.807, 2.05) is 6.92 Å². The molecule has 3 aromatic rings. The molecule has 0 amide bonds. The number of aryl methyl sites for hydroxylation is 2. The third-order valence-corrected chi connectivity index (χ3v) is 7.43. The monoisotopic (exact) mass is 481 g/mol. The van der Waals surface area contributed by atoms with Crippen molar-refractivity contribution in [2.45, 2.75) is 78.9 Å². The maximum absolute atomic E-state index is 10.0. The first-order valence-corrected chi connectivity index (χ1v) is 13.4. The largest absolute Gasteiger partial charge is 0.393 e. The molecule has 0 radical (unpaired) electrons. The second-order valence-electron chi connectivity index (χ2n) is 11.2. The van der Waals surface area contributed by atoms with E-state index < -0.39 is 6.10 Å². The molecule has 3 unspecified atom stereocenters. The van der Waals surface area contributed by atoms with Gasteiger partial charge in [0.2, 0.25) is 0 Å². The lowest BCUT2D eigenvalue weighted by Crippen LogP contribution is -2.33. The fourth-order valence-corrected chi connectivity index (χ4v) is 6.09. The summed E-state index contributed by atoms with van der Waals surface area (Å²) >= 11 is 0. The van der Waals surface area contributed by atoms with E-state index in [0.29, 0.717) is 12.3 Å². The van der Waals surface area contributed by atoms with Crippen molar-refractivity contribution in [3.63, 3.8) is 0 Å². The lowest BCUT2D eigenvalue weighted by Gasteiger charge is -2.38. The number of fused-ring (bicyclic) bond motifs is 5. The molecule has 0 saturated carbocycles. The van der Waals surface area contributed by atoms with Crippen molar-refractivity contribution >= 4 is 11.3 Å². The van der Waals surface area contributed by atoms with Gasteiger partial charge in [0.25, 0.3) is 0 Å². The van der Waals surface area contributed by atoms with Gasteiger partial charge in [0.15, 0.2) is 6.23 Å². The summed E-state index contributed by atoms with van der Waals surface area (Å²) in [5.74, 6) is 0.564. The number of anilines is 1. The molecule has 36 heavy (non-hydrogen) atoms. The zero-order valence-corrected chi connectivity index (χ0v) is 22.5. The molecule has 0 bridgehead atoms. The predicted octanol–water partition coefficient (Wildman–Crippen LogP) is 8.15. The highest BCUT2D eigenvalue weighted by Crippen LogP contribution is 2.54. The van der Waals surface area contributed by atoms with Gasteiger partial charge in [-0.25, -0.2) is 0 Å². The van der Waals surface area contributed by atoms with Crippen LogP contribution in [0.1, 0.15) is 80.6 Å². The number of hydrogen-bond donors (Lipinski definition) is 1. The molecule has 1 N–H and O–H groups in total. The van der Waals surface area contributed by atoms with Gasteiger partial charge in [-0.05, 0) is 86.4 Å². The second-order valence-corrected chi connectivity index (χ2v) is 11.2. The lowest BCUT2D eigenvalue weighted by molar-refractivity contribution is -0.0243. The van der Waals surface area contributed by atoms with E-state index in [2.05, 4.69) is 106 Å². The van der Waals surface area contributed by atoms with Crippen molar-refractivity contribution in [3.05, 3.63) is 94.6 Å². The Bertz CT molecular complexity index is 1270. The van der Waals surface area contributed by atoms with Gasteiger partial charge in [-0.1, -0.05) is 74.0 Å². The number of aliphatic hydroxyl groups is 1. The molecule has 3 aromatic carbocycles. The van der Waals surface area contributed by atoms with Gasteiger partial charge in [0.05, 0.1) is 18.2 Å². The van der Waals surface area contributed by atoms with Gasteiger partial charge in [-0.3, -0.25) is 0 Å². The third-order valence-electron chi connectivity index (χ3n) is 7.43. The maximum atomic E-state index is 10.0. The topological polar surface area (TPSA) is 32.7 Å². The number of allylic oxidation sites excluding steroid dienone is 1. The van der Waals surface area contributed by atoms with Crippen LogP contribution >= 0.6 is 0 Å². The zero-order valence-electron chi connectivity index (χ0n) is 22.5. The highest BCUT2D eigenvalue weighted by Gasteiger charge is 2.43. The Labute approximate surface area is 216 Å². The second kappa shape index (κ2) is 9.88. The van der Waals surface area contributed by atoms with Crippen LogP contribution in [0.3, 0.4) is 0 Å². The molecule has 2 aliphatic heterocycles. The van der Waals surface area contributed by atoms with Gasteiger partial charge >= 0.3 is 0 Å². The Morgan fingerprint density at radius 1 is 0.917 bits per heavy atom. The average molecular weight is 482 g/mol. The van der Waals surface area contributed by atoms with Crippen LogP contribution in [0.5, 0.6) is 0 Å². The summed E-state index contributed by atoms with van der Waals surface area (Å²) in [7, 11) is 0. The standard InChI is InChI=1S/C33H39NO2/c1-20(2)14-27-19-31-29-16-21(3)15-22(4)32(29)33(36-24(6)17-23(5)35)34(31)30-13-12-26(18-28(27)30)25-10-8-7-9-11-25/h7-13,15-16,18-20,23-24,31,33,35H,14,17H2,1-6H3/t23?,24?,31?,33-/m1/s1. The first-order chi connectivity index (χ1) is 17.2. The van der Waals surface area contributed by atoms with Crippen LogP contribution < -0.4 is 4.90 Å². The van der Waals surface area contributed by atoms with E-state index in [4.69, 9.17) is 4.74 Å². The Hall–Kier alpha value is -2.88. The van der Waals surface area contributed by atoms with E-state index in [9.17, 15) is 5.11 Å². The first-order valence-electron chi connectivity index (χ1n) is 13.4. The minimum absolute atomic E-state index is 0.0598. The molecule has 0 spiro atoms. The first kappa shape index (κ1) is 24.8. The van der Waals surface area contributed by atoms with Crippen LogP contribution in [0.4, 0.5) is 5.69 Å². The summed E-state index contributed by atoms with van der Waals surface area (Å²) < 4.78 is 6.76. The fourth-order valence-electron chi connectivity index (χ4n) is 6.09. The number of hydrogen-bond acceptors (Lipinski definition) is 3. The van der Waals surface area contributed by atoms with Crippen molar-refractivity contribution < 1.29 is 9.84 Å². The molecule has 188 valence electrons. The van der Waals surface area contributed by atoms with Gasteiger partial charge in [-0.15, -0.1) is 0 Å². The van der Waals surface area contributed by atoms with Crippen LogP contribution in [-0.4, -0.2) is 17.3 Å². The van der Waals surface area contributed by atoms with Crippen molar-refractivity contribution in [3.8, 4) is 11.1 Å². The van der Waals surface area contributed by atoms with Gasteiger partial charge in [-0.2, -0.15) is 0 Å². The molecule has 3 nitrogen and oxygen atoms in total. The van der Waals surface area contributed by atoms with E-state index in [1.54, 1.807) is 0 Å². The number of rotatable bonds is 7. The number of benzene rings is 3. The molecule has 2 aliphatic rings. The maximum Gasteiger partial charge on any atom is 0.158 e. The SMILES string of the molecule is Cc1cc(C)c2c(c1)C1C=C(CC(C)C)c3cc(-c4ccccc4)ccc3N1[C@@H]2OC(C)CC(C)O. The summed E-state index contributed by atoms with van der Waals surface area (Å²) in [6.45, 7) is 12.9. The van der Waals surface area contributed by atoms with Crippen molar-refractivity contribution in [2.24, 2.45) is 5.92 Å². The summed E-state index contributed by atoms with van der Waals surface area (Å²) in [5, 5.41) is 10.0. The normalized spacial score (nSPS) is 20.0. The quantitative estimate of drug-likeness (QED) is 0.369. The number of aliphatic hydroxyl groups excluding tert-OH is 1. The molecule has 2 heterocycles. The van der Waals surface area contributed by atoms with E-state index in [-0.39, 0.29) is 18.4 Å². The molecule has 3 heteroatoms. The summed E-state index contributed by atoms with van der Waals surface area (Å²) in [6.07, 6.45) is 3.50. The smallest absolute Gasteiger partial charge is 0.158 e. The number of ether oxygens (including phenoxy) is 1. The van der Waals surface area contributed by atoms with Gasteiger partial charge in [0.1, 0.15) is 0 Å². The highest BCUT2D eigenvalue weighted by atomic mass is 16.5. The number of nitrogens with zero attached hydrogens (tertiary/aromatic N) is 1. The minimum Gasteiger partial charge on any atom is -0.393 e. The van der Waals surface area contributed by atoms with E-state index in [0.717, 1.165) is 6.42 Å². The van der Waals surface area contributed by atoms with Crippen LogP contribution in [0.25, 0.3) is 16.7 Å². The van der Waals surface area contributed by atoms with Crippen LogP contribution in [0, 0.1) is 19.8 Å². The van der Waals surface area contributed by atoms with Gasteiger partial charge < -0.3 is 14.7 Å². The third kappa shape index (κ3) is 4.63. The molecule has 0 fully saturated rings. The Kier molecular flexibility index (Phi) is 6.80. The molecule has 0 saturated heterocycles. The lowest BCUT2D eigenvalue weighted by atomic mass is 9.86. The Morgan fingerprint density at radius 3 is 2.36 bits per heavy atom. The predicted molar refractivity (Wildman–Crippen MR) is 150 cm³/mol. The fraction of sp³-hybridized carbons (Fsp3) is 0.394. The zero-order chi connectivity index (χ0) is 25.6. The van der Waals surface area contributed by atoms with Gasteiger partial charge in [0, 0.05) is 16.8 Å². The Balaban J connectivity index is 1.67. The average Bonchev–Trinajstić information content (AvgIpc) is 3.11. The molecule has 0 aliphatic carbocycles. The van der Waals surface area contributed by atoms with Crippen molar-refractivity contribution in [1.29, 1.82) is 0 Å². The Morgan fingerprint density at radius 2 is 1.67 bits per heavy atom. The minimum atomic E-state index is -0.393. The molecule has 0 aromatic heterocycles. The molecule has 5 rings (SSSR count). The molecular formula is C33H39NO2. The van der Waals surface area contributed by atoms with E-state index >= 15 is 0 Å². The van der Waals surface area contributed by atoms with E-state index in [1.165, 1.54) is 50.2 Å². The summed E-state index contributed by atoms with van der Waals surface area (Å²) in [4.78, 5) is 2.48. The van der Waals surface area contributed by atoms with Crippen LogP contribution in [0.2, 0.25) is 0 Å². The van der Waals surface area contributed by atoms with Crippen molar-refractivity contribution in [1.82, 2.24) is 0 Å². The summed E-state index contributed by atoms with van der Waals surface area (Å²) in [6, 6.07) is 22.3. The van der Waals surface area contributed by atoms with Crippen LogP contribution in [0.15, 0.2) is 66.7 Å².